The van der Waals surface area contributed by atoms with Gasteiger partial charge in [-0.1, -0.05) is 19.9 Å². The minimum atomic E-state index is -3.85. The second-order valence-corrected chi connectivity index (χ2v) is 9.52. The molecule has 1 saturated heterocycles. The summed E-state index contributed by atoms with van der Waals surface area (Å²) < 4.78 is 37.6. The number of piperidine rings is 1. The number of nitrogens with zero attached hydrogens (tertiary/aromatic N) is 1. The van der Waals surface area contributed by atoms with E-state index in [1.54, 1.807) is 17.0 Å². The number of likely N-dealkylation sites (tertiary alicyclic amines) is 1. The van der Waals surface area contributed by atoms with Crippen LogP contribution in [0, 0.1) is 11.8 Å². The van der Waals surface area contributed by atoms with E-state index in [9.17, 15) is 18.0 Å². The van der Waals surface area contributed by atoms with Crippen molar-refractivity contribution in [3.8, 4) is 0 Å². The molecule has 0 aliphatic carbocycles. The summed E-state index contributed by atoms with van der Waals surface area (Å²) in [5.74, 6) is 0.289. The standard InChI is InChI=1S/C21H26N2O6S/c1-15-9-16(2)13-23(12-15)20(24)14-29-21(25)17-5-3-7-19(10-17)30(26,27)22-11-18-6-4-8-28-18/h3-8,10,15-16,22H,9,11-14H2,1-2H3. The lowest BCUT2D eigenvalue weighted by atomic mass is 9.92. The van der Waals surface area contributed by atoms with Crippen molar-refractivity contribution < 1.29 is 27.2 Å². The van der Waals surface area contributed by atoms with Gasteiger partial charge in [-0.05, 0) is 48.6 Å². The Kier molecular flexibility index (Phi) is 6.94. The second kappa shape index (κ2) is 9.44. The van der Waals surface area contributed by atoms with Crippen molar-refractivity contribution >= 4 is 21.9 Å². The van der Waals surface area contributed by atoms with Crippen LogP contribution in [0.4, 0.5) is 0 Å². The summed E-state index contributed by atoms with van der Waals surface area (Å²) in [5, 5.41) is 0. The Morgan fingerprint density at radius 1 is 1.17 bits per heavy atom. The summed E-state index contributed by atoms with van der Waals surface area (Å²) in [6, 6.07) is 8.81. The molecule has 8 nitrogen and oxygen atoms in total. The predicted octanol–water partition coefficient (Wildman–Crippen LogP) is 2.42. The quantitative estimate of drug-likeness (QED) is 0.671. The van der Waals surface area contributed by atoms with E-state index < -0.39 is 16.0 Å². The lowest BCUT2D eigenvalue weighted by molar-refractivity contribution is -0.137. The Hall–Kier alpha value is -2.65. The molecule has 2 heterocycles. The highest BCUT2D eigenvalue weighted by Crippen LogP contribution is 2.21. The maximum atomic E-state index is 12.5. The summed E-state index contributed by atoms with van der Waals surface area (Å²) in [7, 11) is -3.85. The number of sulfonamides is 1. The van der Waals surface area contributed by atoms with Crippen LogP contribution >= 0.6 is 0 Å². The van der Waals surface area contributed by atoms with Gasteiger partial charge in [0.25, 0.3) is 5.91 Å². The van der Waals surface area contributed by atoms with E-state index in [2.05, 4.69) is 18.6 Å². The van der Waals surface area contributed by atoms with E-state index in [1.165, 1.54) is 30.5 Å². The Labute approximate surface area is 176 Å². The molecule has 1 aliphatic rings. The molecule has 1 amide bonds. The molecule has 3 rings (SSSR count). The minimum Gasteiger partial charge on any atom is -0.468 e. The number of hydrogen-bond donors (Lipinski definition) is 1. The SMILES string of the molecule is CC1CC(C)CN(C(=O)COC(=O)c2cccc(S(=O)(=O)NCc3ccco3)c2)C1. The molecule has 162 valence electrons. The second-order valence-electron chi connectivity index (χ2n) is 7.75. The van der Waals surface area contributed by atoms with Crippen LogP contribution in [0.2, 0.25) is 0 Å². The number of carbonyl (C=O) groups excluding carboxylic acids is 2. The molecule has 2 unspecified atom stereocenters. The van der Waals surface area contributed by atoms with Crippen molar-refractivity contribution in [1.29, 1.82) is 0 Å². The van der Waals surface area contributed by atoms with Gasteiger partial charge in [0.1, 0.15) is 5.76 Å². The smallest absolute Gasteiger partial charge is 0.338 e. The van der Waals surface area contributed by atoms with E-state index in [1.807, 2.05) is 0 Å². The lowest BCUT2D eigenvalue weighted by Gasteiger charge is -2.34. The third-order valence-corrected chi connectivity index (χ3v) is 6.34. The molecule has 2 aromatic rings. The Morgan fingerprint density at radius 2 is 1.90 bits per heavy atom. The highest BCUT2D eigenvalue weighted by atomic mass is 32.2. The Balaban J connectivity index is 1.59. The van der Waals surface area contributed by atoms with Crippen LogP contribution in [0.1, 0.15) is 36.4 Å². The summed E-state index contributed by atoms with van der Waals surface area (Å²) in [6.45, 7) is 5.10. The first kappa shape index (κ1) is 22.0. The Bertz CT molecular complexity index is 977. The third kappa shape index (κ3) is 5.70. The van der Waals surface area contributed by atoms with Gasteiger partial charge in [-0.15, -0.1) is 0 Å². The first-order chi connectivity index (χ1) is 14.2. The summed E-state index contributed by atoms with van der Waals surface area (Å²) in [6.07, 6.45) is 2.52. The fraction of sp³-hybridized carbons (Fsp3) is 0.429. The van der Waals surface area contributed by atoms with E-state index >= 15 is 0 Å². The molecule has 30 heavy (non-hydrogen) atoms. The molecular formula is C21H26N2O6S. The molecule has 0 saturated carbocycles. The van der Waals surface area contributed by atoms with Crippen LogP contribution in [0.25, 0.3) is 0 Å². The van der Waals surface area contributed by atoms with Crippen LogP contribution in [0.3, 0.4) is 0 Å². The minimum absolute atomic E-state index is 0.00874. The van der Waals surface area contributed by atoms with Crippen molar-refractivity contribution in [3.05, 3.63) is 54.0 Å². The van der Waals surface area contributed by atoms with Crippen molar-refractivity contribution in [2.75, 3.05) is 19.7 Å². The number of amides is 1. The van der Waals surface area contributed by atoms with Crippen molar-refractivity contribution in [1.82, 2.24) is 9.62 Å². The van der Waals surface area contributed by atoms with Gasteiger partial charge < -0.3 is 14.1 Å². The lowest BCUT2D eigenvalue weighted by Crippen LogP contribution is -2.44. The van der Waals surface area contributed by atoms with Gasteiger partial charge in [-0.3, -0.25) is 4.79 Å². The predicted molar refractivity (Wildman–Crippen MR) is 109 cm³/mol. The number of nitrogens with one attached hydrogen (secondary N) is 1. The zero-order chi connectivity index (χ0) is 21.7. The number of esters is 1. The molecule has 0 spiro atoms. The zero-order valence-corrected chi connectivity index (χ0v) is 17.9. The van der Waals surface area contributed by atoms with Gasteiger partial charge in [-0.2, -0.15) is 0 Å². The van der Waals surface area contributed by atoms with Crippen LogP contribution in [-0.4, -0.2) is 44.9 Å². The fourth-order valence-corrected chi connectivity index (χ4v) is 4.66. The largest absolute Gasteiger partial charge is 0.468 e. The van der Waals surface area contributed by atoms with Crippen LogP contribution in [-0.2, 0) is 26.1 Å². The Morgan fingerprint density at radius 3 is 2.57 bits per heavy atom. The molecule has 1 aliphatic heterocycles. The number of benzene rings is 1. The monoisotopic (exact) mass is 434 g/mol. The molecule has 1 N–H and O–H groups in total. The van der Waals surface area contributed by atoms with Crippen molar-refractivity contribution in [2.45, 2.75) is 31.7 Å². The molecular weight excluding hydrogens is 408 g/mol. The van der Waals surface area contributed by atoms with Gasteiger partial charge >= 0.3 is 5.97 Å². The first-order valence-electron chi connectivity index (χ1n) is 9.81. The number of hydrogen-bond acceptors (Lipinski definition) is 6. The van der Waals surface area contributed by atoms with E-state index in [4.69, 9.17) is 9.15 Å². The third-order valence-electron chi connectivity index (χ3n) is 4.94. The average Bonchev–Trinajstić information content (AvgIpc) is 3.23. The number of carbonyl (C=O) groups is 2. The molecule has 0 radical (unpaired) electrons. The molecule has 0 bridgehead atoms. The van der Waals surface area contributed by atoms with Crippen molar-refractivity contribution in [3.63, 3.8) is 0 Å². The number of ether oxygens (including phenoxy) is 1. The number of rotatable bonds is 7. The first-order valence-corrected chi connectivity index (χ1v) is 11.3. The average molecular weight is 435 g/mol. The van der Waals surface area contributed by atoms with Gasteiger partial charge in [0.15, 0.2) is 6.61 Å². The summed E-state index contributed by atoms with van der Waals surface area (Å²) in [5.41, 5.74) is 0.0593. The molecule has 2 atom stereocenters. The number of furan rings is 1. The normalized spacial score (nSPS) is 19.5. The molecule has 1 aromatic heterocycles. The van der Waals surface area contributed by atoms with Crippen LogP contribution in [0.5, 0.6) is 0 Å². The van der Waals surface area contributed by atoms with E-state index in [0.29, 0.717) is 30.7 Å². The highest BCUT2D eigenvalue weighted by molar-refractivity contribution is 7.89. The zero-order valence-electron chi connectivity index (χ0n) is 17.0. The molecule has 9 heteroatoms. The van der Waals surface area contributed by atoms with Gasteiger partial charge in [0.05, 0.1) is 23.3 Å². The van der Waals surface area contributed by atoms with Gasteiger partial charge in [0.2, 0.25) is 10.0 Å². The maximum Gasteiger partial charge on any atom is 0.338 e. The van der Waals surface area contributed by atoms with Gasteiger partial charge in [-0.25, -0.2) is 17.9 Å². The highest BCUT2D eigenvalue weighted by Gasteiger charge is 2.26. The topological polar surface area (TPSA) is 106 Å². The summed E-state index contributed by atoms with van der Waals surface area (Å²) in [4.78, 5) is 26.4. The van der Waals surface area contributed by atoms with Gasteiger partial charge in [0, 0.05) is 13.1 Å². The van der Waals surface area contributed by atoms with Crippen LogP contribution < -0.4 is 4.72 Å². The van der Waals surface area contributed by atoms with Crippen LogP contribution in [0.15, 0.2) is 52.0 Å². The van der Waals surface area contributed by atoms with Crippen molar-refractivity contribution in [2.24, 2.45) is 11.8 Å². The molecule has 1 fully saturated rings. The van der Waals surface area contributed by atoms with E-state index in [0.717, 1.165) is 6.42 Å². The summed E-state index contributed by atoms with van der Waals surface area (Å²) >= 11 is 0. The van der Waals surface area contributed by atoms with E-state index in [-0.39, 0.29) is 29.5 Å². The fourth-order valence-electron chi connectivity index (χ4n) is 3.62. The molecule has 1 aromatic carbocycles. The maximum absolute atomic E-state index is 12.5.